The van der Waals surface area contributed by atoms with Gasteiger partial charge in [0, 0.05) is 22.2 Å². The fourth-order valence-electron chi connectivity index (χ4n) is 4.73. The van der Waals surface area contributed by atoms with Gasteiger partial charge in [-0.3, -0.25) is 4.79 Å². The molecule has 1 aliphatic rings. The number of carbonyl (C=O) groups is 1. The predicted octanol–water partition coefficient (Wildman–Crippen LogP) is 7.73. The summed E-state index contributed by atoms with van der Waals surface area (Å²) in [6, 6.07) is 34.5. The van der Waals surface area contributed by atoms with Gasteiger partial charge in [-0.05, 0) is 60.0 Å². The van der Waals surface area contributed by atoms with E-state index in [1.807, 2.05) is 104 Å². The standard InChI is InChI=1S/C33H28ClN5O2S/c1-22-29(31(40)36-27-10-6-3-7-11-27)30(25-14-18-28(19-15-25)41-20-23-12-16-26(34)17-13-23)39-32(35-22)37-33(38-39)42-21-24-8-4-2-5-9-24/h2-19,30H,20-21H2,1H3,(H,36,40)(H,35,37,38). The van der Waals surface area contributed by atoms with Gasteiger partial charge in [0.2, 0.25) is 11.1 Å². The van der Waals surface area contributed by atoms with Gasteiger partial charge in [-0.25, -0.2) is 4.68 Å². The highest BCUT2D eigenvalue weighted by Crippen LogP contribution is 2.37. The summed E-state index contributed by atoms with van der Waals surface area (Å²) in [7, 11) is 0. The molecular formula is C33H28ClN5O2S. The molecule has 6 rings (SSSR count). The molecule has 0 radical (unpaired) electrons. The lowest BCUT2D eigenvalue weighted by Gasteiger charge is -2.28. The Balaban J connectivity index is 1.28. The van der Waals surface area contributed by atoms with Gasteiger partial charge in [0.05, 0.1) is 5.57 Å². The number of aromatic nitrogens is 3. The largest absolute Gasteiger partial charge is 0.489 e. The average Bonchev–Trinajstić information content (AvgIpc) is 3.43. The minimum Gasteiger partial charge on any atom is -0.489 e. The van der Waals surface area contributed by atoms with Gasteiger partial charge in [-0.15, -0.1) is 5.10 Å². The molecule has 5 aromatic rings. The van der Waals surface area contributed by atoms with Crippen molar-refractivity contribution in [2.45, 2.75) is 30.5 Å². The van der Waals surface area contributed by atoms with Gasteiger partial charge in [0.15, 0.2) is 0 Å². The fraction of sp³-hybridized carbons (Fsp3) is 0.121. The Morgan fingerprint density at radius 3 is 2.33 bits per heavy atom. The zero-order chi connectivity index (χ0) is 28.9. The zero-order valence-electron chi connectivity index (χ0n) is 22.8. The van der Waals surface area contributed by atoms with E-state index in [-0.39, 0.29) is 5.91 Å². The van der Waals surface area contributed by atoms with Crippen molar-refractivity contribution in [2.24, 2.45) is 0 Å². The van der Waals surface area contributed by atoms with Crippen LogP contribution in [0.4, 0.5) is 11.6 Å². The summed E-state index contributed by atoms with van der Waals surface area (Å²) >= 11 is 7.56. The molecule has 1 amide bonds. The Labute approximate surface area is 253 Å². The van der Waals surface area contributed by atoms with E-state index in [0.29, 0.717) is 28.3 Å². The van der Waals surface area contributed by atoms with Crippen LogP contribution in [0.1, 0.15) is 29.7 Å². The molecule has 210 valence electrons. The molecule has 7 nitrogen and oxygen atoms in total. The third-order valence-corrected chi connectivity index (χ3v) is 8.00. The van der Waals surface area contributed by atoms with Crippen LogP contribution in [0.5, 0.6) is 5.75 Å². The summed E-state index contributed by atoms with van der Waals surface area (Å²) in [4.78, 5) is 18.5. The van der Waals surface area contributed by atoms with Crippen molar-refractivity contribution in [3.8, 4) is 5.75 Å². The van der Waals surface area contributed by atoms with E-state index in [9.17, 15) is 4.79 Å². The molecule has 0 spiro atoms. The number of thioether (sulfide) groups is 1. The van der Waals surface area contributed by atoms with Gasteiger partial charge in [-0.2, -0.15) is 4.98 Å². The van der Waals surface area contributed by atoms with Crippen molar-refractivity contribution in [2.75, 3.05) is 10.6 Å². The third kappa shape index (κ3) is 6.35. The van der Waals surface area contributed by atoms with E-state index >= 15 is 0 Å². The molecule has 1 aliphatic heterocycles. The van der Waals surface area contributed by atoms with Gasteiger partial charge in [0.1, 0.15) is 18.4 Å². The van der Waals surface area contributed by atoms with Gasteiger partial charge in [-0.1, -0.05) is 96.2 Å². The van der Waals surface area contributed by atoms with E-state index in [1.165, 1.54) is 5.56 Å². The SMILES string of the molecule is CC1=C(C(=O)Nc2ccccc2)C(c2ccc(OCc3ccc(Cl)cc3)cc2)n2nc(SCc3ccccc3)nc2N1. The molecule has 1 atom stereocenters. The molecule has 0 aliphatic carbocycles. The Morgan fingerprint density at radius 2 is 1.62 bits per heavy atom. The van der Waals surface area contributed by atoms with Gasteiger partial charge in [0.25, 0.3) is 5.91 Å². The monoisotopic (exact) mass is 593 g/mol. The van der Waals surface area contributed by atoms with Crippen molar-refractivity contribution in [3.05, 3.63) is 142 Å². The minimum atomic E-state index is -0.492. The number of rotatable bonds is 9. The first kappa shape index (κ1) is 27.6. The maximum Gasteiger partial charge on any atom is 0.255 e. The Kier molecular flexibility index (Phi) is 8.26. The topological polar surface area (TPSA) is 81.1 Å². The number of amides is 1. The van der Waals surface area contributed by atoms with Crippen LogP contribution in [0.25, 0.3) is 0 Å². The van der Waals surface area contributed by atoms with Gasteiger partial charge >= 0.3 is 0 Å². The Bertz CT molecular complexity index is 1710. The van der Waals surface area contributed by atoms with Crippen LogP contribution in [0.15, 0.2) is 126 Å². The number of carbonyl (C=O) groups excluding carboxylic acids is 1. The van der Waals surface area contributed by atoms with E-state index in [2.05, 4.69) is 22.8 Å². The second-order valence-electron chi connectivity index (χ2n) is 9.81. The highest BCUT2D eigenvalue weighted by atomic mass is 35.5. The van der Waals surface area contributed by atoms with Crippen molar-refractivity contribution < 1.29 is 9.53 Å². The third-order valence-electron chi connectivity index (χ3n) is 6.83. The van der Waals surface area contributed by atoms with Gasteiger partial charge < -0.3 is 15.4 Å². The van der Waals surface area contributed by atoms with Crippen LogP contribution in [-0.2, 0) is 17.2 Å². The normalized spacial score (nSPS) is 14.2. The number of hydrogen-bond donors (Lipinski definition) is 2. The van der Waals surface area contributed by atoms with Crippen LogP contribution in [0, 0.1) is 0 Å². The van der Waals surface area contributed by atoms with Crippen molar-refractivity contribution in [1.29, 1.82) is 0 Å². The van der Waals surface area contributed by atoms with Crippen LogP contribution in [0.3, 0.4) is 0 Å². The highest BCUT2D eigenvalue weighted by molar-refractivity contribution is 7.98. The summed E-state index contributed by atoms with van der Waals surface area (Å²) in [5.41, 5.74) is 5.09. The fourth-order valence-corrected chi connectivity index (χ4v) is 5.64. The summed E-state index contributed by atoms with van der Waals surface area (Å²) in [5.74, 6) is 1.84. The molecule has 4 aromatic carbocycles. The quantitative estimate of drug-likeness (QED) is 0.170. The van der Waals surface area contributed by atoms with Crippen LogP contribution >= 0.6 is 23.4 Å². The summed E-state index contributed by atoms with van der Waals surface area (Å²) in [5, 5.41) is 12.5. The van der Waals surface area contributed by atoms with Crippen molar-refractivity contribution >= 4 is 40.9 Å². The smallest absolute Gasteiger partial charge is 0.255 e. The maximum absolute atomic E-state index is 13.7. The second kappa shape index (κ2) is 12.5. The van der Waals surface area contributed by atoms with E-state index in [0.717, 1.165) is 34.0 Å². The van der Waals surface area contributed by atoms with Crippen molar-refractivity contribution in [3.63, 3.8) is 0 Å². The molecule has 9 heteroatoms. The summed E-state index contributed by atoms with van der Waals surface area (Å²) in [6.07, 6.45) is 0. The lowest BCUT2D eigenvalue weighted by atomic mass is 9.95. The molecule has 1 unspecified atom stereocenters. The molecule has 0 bridgehead atoms. The number of hydrogen-bond acceptors (Lipinski definition) is 6. The maximum atomic E-state index is 13.7. The van der Waals surface area contributed by atoms with E-state index in [4.69, 9.17) is 26.4 Å². The van der Waals surface area contributed by atoms with E-state index in [1.54, 1.807) is 16.4 Å². The number of anilines is 2. The number of benzene rings is 4. The number of halogens is 1. The number of para-hydroxylation sites is 1. The first-order valence-electron chi connectivity index (χ1n) is 13.5. The number of ether oxygens (including phenoxy) is 1. The molecule has 1 aromatic heterocycles. The molecule has 2 N–H and O–H groups in total. The number of nitrogens with one attached hydrogen (secondary N) is 2. The summed E-state index contributed by atoms with van der Waals surface area (Å²) < 4.78 is 7.81. The van der Waals surface area contributed by atoms with Crippen LogP contribution in [0.2, 0.25) is 5.02 Å². The molecule has 42 heavy (non-hydrogen) atoms. The molecule has 0 fully saturated rings. The Morgan fingerprint density at radius 1 is 0.929 bits per heavy atom. The first-order chi connectivity index (χ1) is 20.5. The number of fused-ring (bicyclic) bond motifs is 1. The summed E-state index contributed by atoms with van der Waals surface area (Å²) in [6.45, 7) is 2.31. The number of nitrogens with zero attached hydrogens (tertiary/aromatic N) is 3. The molecule has 2 heterocycles. The second-order valence-corrected chi connectivity index (χ2v) is 11.2. The highest BCUT2D eigenvalue weighted by Gasteiger charge is 2.34. The predicted molar refractivity (Wildman–Crippen MR) is 168 cm³/mol. The van der Waals surface area contributed by atoms with Crippen LogP contribution < -0.4 is 15.4 Å². The molecular weight excluding hydrogens is 566 g/mol. The number of allylic oxidation sites excluding steroid dienone is 1. The average molecular weight is 594 g/mol. The van der Waals surface area contributed by atoms with E-state index < -0.39 is 6.04 Å². The van der Waals surface area contributed by atoms with Crippen LogP contribution in [-0.4, -0.2) is 20.7 Å². The Hall–Kier alpha value is -4.53. The lowest BCUT2D eigenvalue weighted by molar-refractivity contribution is -0.113. The minimum absolute atomic E-state index is 0.209. The first-order valence-corrected chi connectivity index (χ1v) is 14.8. The molecule has 0 saturated carbocycles. The van der Waals surface area contributed by atoms with Crippen molar-refractivity contribution in [1.82, 2.24) is 14.8 Å². The molecule has 0 saturated heterocycles. The lowest BCUT2D eigenvalue weighted by Crippen LogP contribution is -2.31. The zero-order valence-corrected chi connectivity index (χ0v) is 24.4.